The molecular formula is C13H18NO. The van der Waals surface area contributed by atoms with Crippen molar-refractivity contribution in [1.82, 2.24) is 0 Å². The van der Waals surface area contributed by atoms with E-state index in [0.29, 0.717) is 0 Å². The Morgan fingerprint density at radius 1 is 1.40 bits per heavy atom. The Morgan fingerprint density at radius 2 is 2.07 bits per heavy atom. The molecule has 0 fully saturated rings. The largest absolute Gasteiger partial charge is 0.369 e. The number of aryl methyl sites for hydroxylation is 1. The molecule has 0 aromatic heterocycles. The second kappa shape index (κ2) is 6.23. The van der Waals surface area contributed by atoms with Crippen LogP contribution >= 0.6 is 0 Å². The van der Waals surface area contributed by atoms with Gasteiger partial charge in [-0.2, -0.15) is 0 Å². The van der Waals surface area contributed by atoms with E-state index >= 15 is 0 Å². The van der Waals surface area contributed by atoms with Crippen molar-refractivity contribution < 1.29 is 4.79 Å². The maximum Gasteiger partial charge on any atom is 0.220 e. The fourth-order valence-corrected chi connectivity index (χ4v) is 1.40. The number of benzene rings is 1. The molecular weight excluding hydrogens is 186 g/mol. The van der Waals surface area contributed by atoms with Gasteiger partial charge in [0, 0.05) is 5.92 Å². The summed E-state index contributed by atoms with van der Waals surface area (Å²) in [5.74, 6) is -0.258. The zero-order valence-corrected chi connectivity index (χ0v) is 9.15. The molecule has 2 N–H and O–H groups in total. The molecule has 1 aromatic rings. The molecule has 1 amide bonds. The van der Waals surface area contributed by atoms with Crippen molar-refractivity contribution in [2.45, 2.75) is 26.2 Å². The Bertz CT molecular complexity index is 295. The maximum atomic E-state index is 10.8. The number of rotatable bonds is 6. The van der Waals surface area contributed by atoms with E-state index in [9.17, 15) is 4.79 Å². The Balaban J connectivity index is 2.15. The van der Waals surface area contributed by atoms with Crippen LogP contribution in [0.5, 0.6) is 0 Å². The lowest BCUT2D eigenvalue weighted by Crippen LogP contribution is -2.20. The summed E-state index contributed by atoms with van der Waals surface area (Å²) in [4.78, 5) is 10.8. The van der Waals surface area contributed by atoms with Gasteiger partial charge in [0.2, 0.25) is 5.91 Å². The molecule has 1 rings (SSSR count). The van der Waals surface area contributed by atoms with Crippen LogP contribution in [0.25, 0.3) is 0 Å². The average Bonchev–Trinajstić information content (AvgIpc) is 2.25. The highest BCUT2D eigenvalue weighted by molar-refractivity contribution is 5.76. The standard InChI is InChI=1S/C13H18NO/c1-11(13(14)15)7-5-6-10-12-8-3-2-4-9-12/h2-5,8-9,11H,6-7,10H2,1H3,(H2,14,15)/t11-/m0/s1. The van der Waals surface area contributed by atoms with Crippen LogP contribution in [0.15, 0.2) is 30.3 Å². The van der Waals surface area contributed by atoms with E-state index in [1.165, 1.54) is 5.56 Å². The Morgan fingerprint density at radius 3 is 2.67 bits per heavy atom. The Hall–Kier alpha value is -1.31. The van der Waals surface area contributed by atoms with Crippen molar-refractivity contribution in [1.29, 1.82) is 0 Å². The van der Waals surface area contributed by atoms with Crippen LogP contribution in [0.3, 0.4) is 0 Å². The lowest BCUT2D eigenvalue weighted by atomic mass is 10.0. The average molecular weight is 204 g/mol. The topological polar surface area (TPSA) is 43.1 Å². The molecule has 0 aliphatic heterocycles. The van der Waals surface area contributed by atoms with Gasteiger partial charge >= 0.3 is 0 Å². The molecule has 0 saturated heterocycles. The summed E-state index contributed by atoms with van der Waals surface area (Å²) in [5.41, 5.74) is 6.50. The molecule has 0 heterocycles. The first-order chi connectivity index (χ1) is 7.20. The van der Waals surface area contributed by atoms with Crippen molar-refractivity contribution >= 4 is 5.91 Å². The third-order valence-electron chi connectivity index (χ3n) is 2.49. The predicted molar refractivity (Wildman–Crippen MR) is 62.0 cm³/mol. The van der Waals surface area contributed by atoms with Crippen molar-refractivity contribution in [3.63, 3.8) is 0 Å². The third-order valence-corrected chi connectivity index (χ3v) is 2.49. The van der Waals surface area contributed by atoms with Crippen molar-refractivity contribution in [3.8, 4) is 0 Å². The van der Waals surface area contributed by atoms with Crippen LogP contribution in [0, 0.1) is 12.3 Å². The molecule has 0 aliphatic carbocycles. The number of hydrogen-bond donors (Lipinski definition) is 1. The van der Waals surface area contributed by atoms with E-state index in [0.717, 1.165) is 19.3 Å². The zero-order valence-electron chi connectivity index (χ0n) is 9.15. The molecule has 2 nitrogen and oxygen atoms in total. The summed E-state index contributed by atoms with van der Waals surface area (Å²) in [6.07, 6.45) is 4.96. The molecule has 0 bridgehead atoms. The second-order valence-electron chi connectivity index (χ2n) is 3.85. The van der Waals surface area contributed by atoms with Crippen LogP contribution in [0.2, 0.25) is 0 Å². The zero-order chi connectivity index (χ0) is 11.1. The van der Waals surface area contributed by atoms with Gasteiger partial charge in [-0.3, -0.25) is 4.79 Å². The summed E-state index contributed by atoms with van der Waals surface area (Å²) in [7, 11) is 0. The SMILES string of the molecule is C[C@@H](C[CH]CCc1ccccc1)C(N)=O. The molecule has 0 aliphatic rings. The van der Waals surface area contributed by atoms with Crippen LogP contribution in [0.1, 0.15) is 25.3 Å². The molecule has 1 radical (unpaired) electrons. The molecule has 0 saturated carbocycles. The molecule has 0 unspecified atom stereocenters. The van der Waals surface area contributed by atoms with Gasteiger partial charge in [0.05, 0.1) is 0 Å². The smallest absolute Gasteiger partial charge is 0.220 e. The normalized spacial score (nSPS) is 12.3. The third kappa shape index (κ3) is 4.63. The van der Waals surface area contributed by atoms with E-state index in [4.69, 9.17) is 5.73 Å². The number of unbranched alkanes of at least 4 members (excludes halogenated alkanes) is 1. The number of hydrogen-bond acceptors (Lipinski definition) is 1. The number of carbonyl (C=O) groups excluding carboxylic acids is 1. The van der Waals surface area contributed by atoms with Gasteiger partial charge < -0.3 is 5.73 Å². The molecule has 0 spiro atoms. The summed E-state index contributed by atoms with van der Waals surface area (Å²) in [5, 5.41) is 0. The van der Waals surface area contributed by atoms with Crippen LogP contribution in [0.4, 0.5) is 0 Å². The fraction of sp³-hybridized carbons (Fsp3) is 0.385. The first-order valence-electron chi connectivity index (χ1n) is 5.35. The molecule has 81 valence electrons. The van der Waals surface area contributed by atoms with Crippen LogP contribution in [-0.4, -0.2) is 5.91 Å². The highest BCUT2D eigenvalue weighted by Crippen LogP contribution is 2.09. The summed E-state index contributed by atoms with van der Waals surface area (Å²) < 4.78 is 0. The quantitative estimate of drug-likeness (QED) is 0.710. The van der Waals surface area contributed by atoms with E-state index in [-0.39, 0.29) is 11.8 Å². The first-order valence-corrected chi connectivity index (χ1v) is 5.35. The second-order valence-corrected chi connectivity index (χ2v) is 3.85. The summed E-state index contributed by atoms with van der Waals surface area (Å²) >= 11 is 0. The van der Waals surface area contributed by atoms with Gasteiger partial charge in [0.25, 0.3) is 0 Å². The van der Waals surface area contributed by atoms with E-state index in [1.54, 1.807) is 0 Å². The minimum atomic E-state index is -0.217. The number of carbonyl (C=O) groups is 1. The van der Waals surface area contributed by atoms with Gasteiger partial charge in [-0.1, -0.05) is 37.3 Å². The maximum absolute atomic E-state index is 10.8. The minimum absolute atomic E-state index is 0.0410. The Kier molecular flexibility index (Phi) is 4.88. The first kappa shape index (κ1) is 11.8. The highest BCUT2D eigenvalue weighted by Gasteiger charge is 2.07. The highest BCUT2D eigenvalue weighted by atomic mass is 16.1. The van der Waals surface area contributed by atoms with Gasteiger partial charge in [0.15, 0.2) is 0 Å². The van der Waals surface area contributed by atoms with Crippen molar-refractivity contribution in [3.05, 3.63) is 42.3 Å². The van der Waals surface area contributed by atoms with E-state index in [1.807, 2.05) is 25.1 Å². The van der Waals surface area contributed by atoms with Crippen molar-refractivity contribution in [2.75, 3.05) is 0 Å². The van der Waals surface area contributed by atoms with E-state index in [2.05, 4.69) is 18.6 Å². The number of amides is 1. The van der Waals surface area contributed by atoms with Crippen LogP contribution < -0.4 is 5.73 Å². The monoisotopic (exact) mass is 204 g/mol. The van der Waals surface area contributed by atoms with Gasteiger partial charge in [0.1, 0.15) is 0 Å². The predicted octanol–water partition coefficient (Wildman–Crippen LogP) is 2.33. The lowest BCUT2D eigenvalue weighted by Gasteiger charge is -2.06. The van der Waals surface area contributed by atoms with Gasteiger partial charge in [-0.05, 0) is 31.2 Å². The number of primary amides is 1. The molecule has 15 heavy (non-hydrogen) atoms. The lowest BCUT2D eigenvalue weighted by molar-refractivity contribution is -0.121. The molecule has 1 aromatic carbocycles. The molecule has 2 heteroatoms. The number of nitrogens with two attached hydrogens (primary N) is 1. The summed E-state index contributed by atoms with van der Waals surface area (Å²) in [6, 6.07) is 10.3. The minimum Gasteiger partial charge on any atom is -0.369 e. The van der Waals surface area contributed by atoms with Gasteiger partial charge in [-0.15, -0.1) is 0 Å². The van der Waals surface area contributed by atoms with Gasteiger partial charge in [-0.25, -0.2) is 0 Å². The van der Waals surface area contributed by atoms with E-state index < -0.39 is 0 Å². The molecule has 1 atom stereocenters. The van der Waals surface area contributed by atoms with Crippen molar-refractivity contribution in [2.24, 2.45) is 11.7 Å². The Labute approximate surface area is 91.5 Å². The van der Waals surface area contributed by atoms with Crippen LogP contribution in [-0.2, 0) is 11.2 Å². The fourth-order valence-electron chi connectivity index (χ4n) is 1.40. The summed E-state index contributed by atoms with van der Waals surface area (Å²) in [6.45, 7) is 1.86.